The van der Waals surface area contributed by atoms with Gasteiger partial charge in [0.2, 0.25) is 5.95 Å². The summed E-state index contributed by atoms with van der Waals surface area (Å²) >= 11 is 0. The van der Waals surface area contributed by atoms with Gasteiger partial charge in [0, 0.05) is 23.0 Å². The zero-order chi connectivity index (χ0) is 19.3. The predicted molar refractivity (Wildman–Crippen MR) is 103 cm³/mol. The molecule has 0 saturated heterocycles. The molecule has 0 saturated carbocycles. The number of hydrogen-bond donors (Lipinski definition) is 1. The number of benzene rings is 1. The number of carbonyl (C=O) groups excluding carboxylic acids is 1. The van der Waals surface area contributed by atoms with Crippen molar-refractivity contribution in [3.8, 4) is 5.95 Å². The molecule has 2 aromatic heterocycles. The molecule has 3 heterocycles. The number of aryl methyl sites for hydroxylation is 1. The van der Waals surface area contributed by atoms with Gasteiger partial charge in [-0.25, -0.2) is 9.67 Å². The molecule has 0 fully saturated rings. The van der Waals surface area contributed by atoms with E-state index in [1.165, 1.54) is 10.2 Å². The lowest BCUT2D eigenvalue weighted by atomic mass is 10.1. The van der Waals surface area contributed by atoms with Gasteiger partial charge in [-0.05, 0) is 45.7 Å². The van der Waals surface area contributed by atoms with Crippen LogP contribution < -0.4 is 10.5 Å². The molecule has 1 unspecified atom stereocenters. The van der Waals surface area contributed by atoms with Crippen LogP contribution in [0.3, 0.4) is 0 Å². The van der Waals surface area contributed by atoms with Crippen LogP contribution in [0.25, 0.3) is 5.95 Å². The number of amides is 1. The van der Waals surface area contributed by atoms with E-state index in [0.29, 0.717) is 28.5 Å². The van der Waals surface area contributed by atoms with E-state index in [0.717, 1.165) is 12.1 Å². The van der Waals surface area contributed by atoms with Crippen LogP contribution in [0.15, 0.2) is 35.3 Å². The number of aromatic nitrogens is 4. The van der Waals surface area contributed by atoms with Crippen molar-refractivity contribution < 1.29 is 4.79 Å². The van der Waals surface area contributed by atoms with E-state index in [4.69, 9.17) is 0 Å². The molecule has 7 heteroatoms. The fourth-order valence-corrected chi connectivity index (χ4v) is 3.57. The molecule has 1 atom stereocenters. The van der Waals surface area contributed by atoms with Crippen LogP contribution in [0.2, 0.25) is 0 Å². The second kappa shape index (κ2) is 6.19. The van der Waals surface area contributed by atoms with E-state index in [-0.39, 0.29) is 17.5 Å². The summed E-state index contributed by atoms with van der Waals surface area (Å²) in [5, 5.41) is 4.31. The Kier molecular flexibility index (Phi) is 3.95. The van der Waals surface area contributed by atoms with E-state index < -0.39 is 0 Å². The SMILES string of the molecule is Cc1nc(-n2ncc(C(=O)N3c4ccccc4CC3C)c2C)[nH]c(=O)c1C. The number of hydrogen-bond acceptors (Lipinski definition) is 4. The van der Waals surface area contributed by atoms with Gasteiger partial charge < -0.3 is 4.90 Å². The Morgan fingerprint density at radius 3 is 2.70 bits per heavy atom. The summed E-state index contributed by atoms with van der Waals surface area (Å²) in [5.41, 5.74) is 4.26. The van der Waals surface area contributed by atoms with Gasteiger partial charge in [0.25, 0.3) is 11.5 Å². The number of aromatic amines is 1. The van der Waals surface area contributed by atoms with Crippen LogP contribution in [0.4, 0.5) is 5.69 Å². The minimum absolute atomic E-state index is 0.0807. The molecule has 4 rings (SSSR count). The number of rotatable bonds is 2. The minimum Gasteiger partial charge on any atom is -0.305 e. The van der Waals surface area contributed by atoms with E-state index in [2.05, 4.69) is 21.1 Å². The molecular weight excluding hydrogens is 342 g/mol. The highest BCUT2D eigenvalue weighted by Crippen LogP contribution is 2.33. The number of anilines is 1. The van der Waals surface area contributed by atoms with Crippen molar-refractivity contribution in [1.82, 2.24) is 19.7 Å². The molecule has 1 aromatic carbocycles. The van der Waals surface area contributed by atoms with E-state index in [9.17, 15) is 9.59 Å². The number of nitrogens with one attached hydrogen (secondary N) is 1. The molecule has 27 heavy (non-hydrogen) atoms. The first kappa shape index (κ1) is 17.2. The lowest BCUT2D eigenvalue weighted by Gasteiger charge is -2.22. The highest BCUT2D eigenvalue weighted by atomic mass is 16.2. The first-order valence-corrected chi connectivity index (χ1v) is 8.92. The second-order valence-electron chi connectivity index (χ2n) is 7.01. The van der Waals surface area contributed by atoms with Crippen molar-refractivity contribution in [3.63, 3.8) is 0 Å². The molecule has 1 aliphatic heterocycles. The highest BCUT2D eigenvalue weighted by molar-refractivity contribution is 6.08. The maximum Gasteiger partial charge on any atom is 0.262 e. The number of para-hydroxylation sites is 1. The van der Waals surface area contributed by atoms with Gasteiger partial charge >= 0.3 is 0 Å². The summed E-state index contributed by atoms with van der Waals surface area (Å²) in [4.78, 5) is 34.3. The van der Waals surface area contributed by atoms with Gasteiger partial charge in [-0.15, -0.1) is 0 Å². The van der Waals surface area contributed by atoms with Gasteiger partial charge in [0.1, 0.15) is 0 Å². The lowest BCUT2D eigenvalue weighted by molar-refractivity contribution is 0.0981. The Morgan fingerprint density at radius 2 is 1.96 bits per heavy atom. The first-order chi connectivity index (χ1) is 12.9. The van der Waals surface area contributed by atoms with Gasteiger partial charge in [-0.1, -0.05) is 18.2 Å². The number of nitrogens with zero attached hydrogens (tertiary/aromatic N) is 4. The zero-order valence-corrected chi connectivity index (χ0v) is 15.8. The van der Waals surface area contributed by atoms with Crippen LogP contribution in [0.1, 0.15) is 39.8 Å². The van der Waals surface area contributed by atoms with E-state index >= 15 is 0 Å². The van der Waals surface area contributed by atoms with Crippen molar-refractivity contribution in [2.24, 2.45) is 0 Å². The summed E-state index contributed by atoms with van der Waals surface area (Å²) < 4.78 is 1.51. The Labute approximate surface area is 156 Å². The molecule has 0 radical (unpaired) electrons. The second-order valence-corrected chi connectivity index (χ2v) is 7.01. The van der Waals surface area contributed by atoms with Gasteiger partial charge in [-0.2, -0.15) is 5.10 Å². The molecule has 138 valence electrons. The first-order valence-electron chi connectivity index (χ1n) is 8.92. The highest BCUT2D eigenvalue weighted by Gasteiger charge is 2.33. The number of fused-ring (bicyclic) bond motifs is 1. The van der Waals surface area contributed by atoms with Gasteiger partial charge in [-0.3, -0.25) is 14.6 Å². The summed E-state index contributed by atoms with van der Waals surface area (Å²) in [6.07, 6.45) is 2.38. The summed E-state index contributed by atoms with van der Waals surface area (Å²) in [5.74, 6) is 0.219. The van der Waals surface area contributed by atoms with Crippen molar-refractivity contribution in [2.75, 3.05) is 4.90 Å². The molecular formula is C20H21N5O2. The molecule has 0 aliphatic carbocycles. The maximum atomic E-state index is 13.3. The number of H-pyrrole nitrogens is 1. The monoisotopic (exact) mass is 363 g/mol. The van der Waals surface area contributed by atoms with Crippen molar-refractivity contribution in [1.29, 1.82) is 0 Å². The quantitative estimate of drug-likeness (QED) is 0.758. The Bertz CT molecular complexity index is 1110. The van der Waals surface area contributed by atoms with Crippen molar-refractivity contribution in [2.45, 2.75) is 40.2 Å². The predicted octanol–water partition coefficient (Wildman–Crippen LogP) is 2.47. The number of carbonyl (C=O) groups is 1. The zero-order valence-electron chi connectivity index (χ0n) is 15.8. The standard InChI is InChI=1S/C20H21N5O2/c1-11-9-15-7-5-6-8-17(15)24(11)19(27)16-10-21-25(14(16)4)20-22-13(3)12(2)18(26)23-20/h5-8,10-11H,9H2,1-4H3,(H,22,23,26). The fourth-order valence-electron chi connectivity index (χ4n) is 3.57. The third-order valence-electron chi connectivity index (χ3n) is 5.25. The molecule has 1 N–H and O–H groups in total. The Hall–Kier alpha value is -3.22. The third-order valence-corrected chi connectivity index (χ3v) is 5.25. The van der Waals surface area contributed by atoms with Crippen molar-refractivity contribution in [3.05, 3.63) is 68.9 Å². The van der Waals surface area contributed by atoms with Crippen LogP contribution in [0, 0.1) is 20.8 Å². The molecule has 7 nitrogen and oxygen atoms in total. The van der Waals surface area contributed by atoms with E-state index in [1.54, 1.807) is 20.0 Å². The molecule has 1 aliphatic rings. The topological polar surface area (TPSA) is 83.9 Å². The fraction of sp³-hybridized carbons (Fsp3) is 0.300. The summed E-state index contributed by atoms with van der Waals surface area (Å²) in [7, 11) is 0. The molecule has 3 aromatic rings. The van der Waals surface area contributed by atoms with Crippen LogP contribution in [-0.4, -0.2) is 31.7 Å². The molecule has 0 bridgehead atoms. The van der Waals surface area contributed by atoms with Gasteiger partial charge in [0.15, 0.2) is 0 Å². The maximum absolute atomic E-state index is 13.3. The summed E-state index contributed by atoms with van der Waals surface area (Å²) in [6.45, 7) is 7.35. The smallest absolute Gasteiger partial charge is 0.262 e. The molecule has 1 amide bonds. The normalized spacial score (nSPS) is 15.9. The Balaban J connectivity index is 1.75. The van der Waals surface area contributed by atoms with Crippen LogP contribution in [0.5, 0.6) is 0 Å². The van der Waals surface area contributed by atoms with E-state index in [1.807, 2.05) is 36.9 Å². The largest absolute Gasteiger partial charge is 0.305 e. The lowest BCUT2D eigenvalue weighted by Crippen LogP contribution is -2.36. The van der Waals surface area contributed by atoms with Gasteiger partial charge in [0.05, 0.1) is 17.5 Å². The van der Waals surface area contributed by atoms with Crippen molar-refractivity contribution >= 4 is 11.6 Å². The Morgan fingerprint density at radius 1 is 1.22 bits per heavy atom. The van der Waals surface area contributed by atoms with Crippen LogP contribution in [-0.2, 0) is 6.42 Å². The summed E-state index contributed by atoms with van der Waals surface area (Å²) in [6, 6.07) is 8.04. The average molecular weight is 363 g/mol. The average Bonchev–Trinajstić information content (AvgIpc) is 3.18. The third kappa shape index (κ3) is 2.66. The minimum atomic E-state index is -0.206. The molecule has 0 spiro atoms. The van der Waals surface area contributed by atoms with Crippen LogP contribution >= 0.6 is 0 Å².